The van der Waals surface area contributed by atoms with Gasteiger partial charge in [0.25, 0.3) is 0 Å². The maximum Gasteiger partial charge on any atom is 0.108 e. The number of nitrogens with one attached hydrogen (secondary N) is 1. The number of hydrogen-bond donors (Lipinski definition) is 5. The Morgan fingerprint density at radius 3 is 2.36 bits per heavy atom. The highest BCUT2D eigenvalue weighted by atomic mass is 16.3. The fourth-order valence-electron chi connectivity index (χ4n) is 1.36. The second kappa shape index (κ2) is 4.52. The van der Waals surface area contributed by atoms with E-state index >= 15 is 0 Å². The highest BCUT2D eigenvalue weighted by molar-refractivity contribution is 5.25. The molecule has 0 radical (unpaired) electrons. The van der Waals surface area contributed by atoms with E-state index in [0.29, 0.717) is 6.42 Å². The van der Waals surface area contributed by atoms with Gasteiger partial charge in [-0.2, -0.15) is 5.10 Å². The Morgan fingerprint density at radius 1 is 1.29 bits per heavy atom. The number of rotatable bonds is 4. The molecule has 7 N–H and O–H groups in total. The third-order valence-electron chi connectivity index (χ3n) is 1.99. The van der Waals surface area contributed by atoms with Crippen molar-refractivity contribution in [1.82, 2.24) is 10.2 Å². The average molecular weight is 200 g/mol. The Morgan fingerprint density at radius 2 is 1.86 bits per heavy atom. The topological polar surface area (TPSA) is 121 Å². The zero-order chi connectivity index (χ0) is 10.7. The van der Waals surface area contributed by atoms with Crippen molar-refractivity contribution in [2.45, 2.75) is 32.2 Å². The van der Waals surface area contributed by atoms with Gasteiger partial charge < -0.3 is 21.7 Å². The molecule has 1 aromatic heterocycles. The third kappa shape index (κ3) is 2.78. The summed E-state index contributed by atoms with van der Waals surface area (Å²) in [5.74, 6) is 0. The van der Waals surface area contributed by atoms with Gasteiger partial charge >= 0.3 is 0 Å². The van der Waals surface area contributed by atoms with E-state index in [-0.39, 0.29) is 6.42 Å². The fraction of sp³-hybridized carbons (Fsp3) is 0.625. The first-order valence-corrected chi connectivity index (χ1v) is 4.40. The van der Waals surface area contributed by atoms with Gasteiger partial charge in [-0.25, -0.2) is 0 Å². The lowest BCUT2D eigenvalue weighted by Crippen LogP contribution is -2.25. The molecule has 6 heteroatoms. The molecule has 1 heterocycles. The first-order chi connectivity index (χ1) is 6.50. The summed E-state index contributed by atoms with van der Waals surface area (Å²) in [7, 11) is 0. The van der Waals surface area contributed by atoms with Gasteiger partial charge in [-0.1, -0.05) is 0 Å². The minimum Gasteiger partial charge on any atom is -0.378 e. The first-order valence-electron chi connectivity index (χ1n) is 4.40. The van der Waals surface area contributed by atoms with E-state index in [2.05, 4.69) is 10.2 Å². The average Bonchev–Trinajstić information content (AvgIpc) is 2.34. The number of aryl methyl sites for hydroxylation is 1. The number of nitrogens with two attached hydrogens (primary N) is 2. The zero-order valence-electron chi connectivity index (χ0n) is 8.07. The van der Waals surface area contributed by atoms with Gasteiger partial charge in [-0.05, 0) is 6.92 Å². The second-order valence-electron chi connectivity index (χ2n) is 3.31. The van der Waals surface area contributed by atoms with Crippen LogP contribution in [0.15, 0.2) is 0 Å². The predicted octanol–water partition coefficient (Wildman–Crippen LogP) is -1.64. The number of aliphatic hydroxyl groups excluding tert-OH is 2. The van der Waals surface area contributed by atoms with Crippen molar-refractivity contribution < 1.29 is 10.2 Å². The molecular weight excluding hydrogens is 184 g/mol. The molecule has 1 aromatic rings. The second-order valence-corrected chi connectivity index (χ2v) is 3.31. The molecule has 0 bridgehead atoms. The van der Waals surface area contributed by atoms with Crippen molar-refractivity contribution in [2.24, 2.45) is 11.5 Å². The summed E-state index contributed by atoms with van der Waals surface area (Å²) in [5.41, 5.74) is 12.8. The number of H-pyrrole nitrogens is 1. The lowest BCUT2D eigenvalue weighted by atomic mass is 10.1. The highest BCUT2D eigenvalue weighted by Crippen LogP contribution is 2.13. The minimum atomic E-state index is -0.927. The summed E-state index contributed by atoms with van der Waals surface area (Å²) in [6.07, 6.45) is -1.25. The molecule has 0 aliphatic carbocycles. The van der Waals surface area contributed by atoms with Gasteiger partial charge in [0, 0.05) is 24.1 Å². The Kier molecular flexibility index (Phi) is 3.59. The van der Waals surface area contributed by atoms with Crippen LogP contribution in [0, 0.1) is 6.92 Å². The molecule has 0 aliphatic rings. The van der Waals surface area contributed by atoms with E-state index in [1.54, 1.807) is 6.92 Å². The standard InChI is InChI=1S/C8H16N4O2/c1-4-5(2-7(9)13)6(12-11-4)3-8(10)14/h7-8,13-14H,2-3,9-10H2,1H3,(H,11,12). The lowest BCUT2D eigenvalue weighted by molar-refractivity contribution is 0.175. The maximum absolute atomic E-state index is 9.05. The highest BCUT2D eigenvalue weighted by Gasteiger charge is 2.13. The van der Waals surface area contributed by atoms with E-state index in [1.165, 1.54) is 0 Å². The summed E-state index contributed by atoms with van der Waals surface area (Å²) in [4.78, 5) is 0. The Balaban J connectivity index is 2.82. The number of aliphatic hydroxyl groups is 2. The van der Waals surface area contributed by atoms with Crippen LogP contribution in [0.25, 0.3) is 0 Å². The summed E-state index contributed by atoms with van der Waals surface area (Å²) in [6, 6.07) is 0. The van der Waals surface area contributed by atoms with Crippen molar-refractivity contribution in [1.29, 1.82) is 0 Å². The smallest absolute Gasteiger partial charge is 0.108 e. The SMILES string of the molecule is Cc1n[nH]c(CC(N)O)c1CC(N)O. The minimum absolute atomic E-state index is 0.281. The molecule has 0 spiro atoms. The van der Waals surface area contributed by atoms with E-state index in [9.17, 15) is 0 Å². The van der Waals surface area contributed by atoms with Crippen LogP contribution in [0.5, 0.6) is 0 Å². The van der Waals surface area contributed by atoms with Crippen LogP contribution in [-0.2, 0) is 12.8 Å². The van der Waals surface area contributed by atoms with Gasteiger partial charge in [-0.15, -0.1) is 0 Å². The van der Waals surface area contributed by atoms with Gasteiger partial charge in [0.2, 0.25) is 0 Å². The van der Waals surface area contributed by atoms with Crippen LogP contribution in [0.2, 0.25) is 0 Å². The van der Waals surface area contributed by atoms with Crippen molar-refractivity contribution in [3.8, 4) is 0 Å². The molecule has 2 unspecified atom stereocenters. The number of aromatic nitrogens is 2. The van der Waals surface area contributed by atoms with Crippen molar-refractivity contribution in [3.63, 3.8) is 0 Å². The zero-order valence-corrected chi connectivity index (χ0v) is 8.07. The Labute approximate surface area is 81.9 Å². The molecule has 14 heavy (non-hydrogen) atoms. The van der Waals surface area contributed by atoms with Gasteiger partial charge in [-0.3, -0.25) is 5.10 Å². The molecule has 1 rings (SSSR count). The number of hydrogen-bond acceptors (Lipinski definition) is 5. The van der Waals surface area contributed by atoms with Gasteiger partial charge in [0.1, 0.15) is 12.5 Å². The Hall–Kier alpha value is -0.950. The van der Waals surface area contributed by atoms with Crippen LogP contribution in [-0.4, -0.2) is 32.9 Å². The Bertz CT molecular complexity index is 296. The van der Waals surface area contributed by atoms with Gasteiger partial charge in [0.05, 0.1) is 5.69 Å². The van der Waals surface area contributed by atoms with Crippen molar-refractivity contribution in [2.75, 3.05) is 0 Å². The molecule has 0 saturated heterocycles. The van der Waals surface area contributed by atoms with E-state index in [4.69, 9.17) is 21.7 Å². The van der Waals surface area contributed by atoms with Gasteiger partial charge in [0.15, 0.2) is 0 Å². The molecule has 6 nitrogen and oxygen atoms in total. The van der Waals surface area contributed by atoms with Crippen molar-refractivity contribution in [3.05, 3.63) is 17.0 Å². The molecule has 80 valence electrons. The first kappa shape index (κ1) is 11.1. The van der Waals surface area contributed by atoms with Crippen LogP contribution >= 0.6 is 0 Å². The summed E-state index contributed by atoms with van der Waals surface area (Å²) in [5, 5.41) is 24.8. The molecule has 0 amide bonds. The predicted molar refractivity (Wildman–Crippen MR) is 51.1 cm³/mol. The summed E-state index contributed by atoms with van der Waals surface area (Å²) >= 11 is 0. The van der Waals surface area contributed by atoms with Crippen LogP contribution in [0.1, 0.15) is 17.0 Å². The summed E-state index contributed by atoms with van der Waals surface area (Å²) < 4.78 is 0. The van der Waals surface area contributed by atoms with E-state index in [1.807, 2.05) is 0 Å². The fourth-order valence-corrected chi connectivity index (χ4v) is 1.36. The number of aromatic amines is 1. The van der Waals surface area contributed by atoms with Crippen LogP contribution in [0.4, 0.5) is 0 Å². The molecule has 2 atom stereocenters. The summed E-state index contributed by atoms with van der Waals surface area (Å²) in [6.45, 7) is 1.81. The quantitative estimate of drug-likeness (QED) is 0.373. The maximum atomic E-state index is 9.05. The van der Waals surface area contributed by atoms with Crippen molar-refractivity contribution >= 4 is 0 Å². The van der Waals surface area contributed by atoms with Crippen LogP contribution in [0.3, 0.4) is 0 Å². The van der Waals surface area contributed by atoms with E-state index < -0.39 is 12.5 Å². The third-order valence-corrected chi connectivity index (χ3v) is 1.99. The van der Waals surface area contributed by atoms with E-state index in [0.717, 1.165) is 17.0 Å². The normalized spacial score (nSPS) is 15.5. The molecule has 0 fully saturated rings. The molecular formula is C8H16N4O2. The lowest BCUT2D eigenvalue weighted by Gasteiger charge is -2.07. The largest absolute Gasteiger partial charge is 0.378 e. The molecule has 0 aromatic carbocycles. The molecule has 0 aliphatic heterocycles. The monoisotopic (exact) mass is 200 g/mol. The van der Waals surface area contributed by atoms with Crippen LogP contribution < -0.4 is 11.5 Å². The number of nitrogens with zero attached hydrogens (tertiary/aromatic N) is 1. The molecule has 0 saturated carbocycles.